The van der Waals surface area contributed by atoms with Gasteiger partial charge in [-0.25, -0.2) is 0 Å². The van der Waals surface area contributed by atoms with Crippen LogP contribution in [0.3, 0.4) is 0 Å². The summed E-state index contributed by atoms with van der Waals surface area (Å²) in [4.78, 5) is 26.7. The summed E-state index contributed by atoms with van der Waals surface area (Å²) < 4.78 is 0. The van der Waals surface area contributed by atoms with Gasteiger partial charge in [0.2, 0.25) is 0 Å². The average Bonchev–Trinajstić information content (AvgIpc) is 1.54. The van der Waals surface area contributed by atoms with Crippen molar-refractivity contribution < 1.29 is 72.5 Å². The third-order valence-corrected chi connectivity index (χ3v) is 0. The van der Waals surface area contributed by atoms with Gasteiger partial charge in [-0.15, -0.1) is 0 Å². The molecule has 0 unspecified atom stereocenters. The molecule has 0 bridgehead atoms. The molecular formula is C6H11ErO7. The molecular weight excluding hydrogens is 351 g/mol. The van der Waals surface area contributed by atoms with Gasteiger partial charge in [-0.3, -0.25) is 0 Å². The summed E-state index contributed by atoms with van der Waals surface area (Å²) in [5.74, 6) is -3.25. The molecule has 0 aliphatic rings. The molecule has 0 aliphatic carbocycles. The smallest absolute Gasteiger partial charge is 0.550 e. The van der Waals surface area contributed by atoms with E-state index in [4.69, 9.17) is 29.7 Å². The molecule has 0 amide bonds. The van der Waals surface area contributed by atoms with Crippen molar-refractivity contribution in [2.24, 2.45) is 0 Å². The third kappa shape index (κ3) is 8910. The van der Waals surface area contributed by atoms with Gasteiger partial charge in [0.15, 0.2) is 0 Å². The van der Waals surface area contributed by atoms with Crippen LogP contribution in [0.4, 0.5) is 0 Å². The summed E-state index contributed by atoms with van der Waals surface area (Å²) in [7, 11) is 0. The molecule has 14 heavy (non-hydrogen) atoms. The molecule has 0 heterocycles. The number of aliphatic carboxylic acids is 3. The zero-order chi connectivity index (χ0) is 10.7. The third-order valence-electron chi connectivity index (χ3n) is 0. The Bertz CT molecular complexity index is 116. The van der Waals surface area contributed by atoms with Crippen molar-refractivity contribution in [1.82, 2.24) is 0 Å². The van der Waals surface area contributed by atoms with E-state index < -0.39 is 17.9 Å². The number of carbonyl (C=O) groups excluding carboxylic acids is 3. The largest absolute Gasteiger partial charge is 3.00 e. The first-order valence-electron chi connectivity index (χ1n) is 2.72. The summed E-state index contributed by atoms with van der Waals surface area (Å²) >= 11 is 0. The number of hydrogen-bond acceptors (Lipinski definition) is 6. The van der Waals surface area contributed by atoms with Gasteiger partial charge in [-0.1, -0.05) is 0 Å². The Labute approximate surface area is 111 Å². The summed E-state index contributed by atoms with van der Waals surface area (Å²) in [6.07, 6.45) is 0. The minimum atomic E-state index is -1.08. The van der Waals surface area contributed by atoms with Crippen molar-refractivity contribution in [3.05, 3.63) is 0 Å². The fourth-order valence-electron chi connectivity index (χ4n) is 0. The first kappa shape index (κ1) is 29.2. The van der Waals surface area contributed by atoms with Crippen LogP contribution in [0.5, 0.6) is 0 Å². The Kier molecular flexibility index (Phi) is 47.8. The Morgan fingerprint density at radius 3 is 0.714 bits per heavy atom. The van der Waals surface area contributed by atoms with Crippen molar-refractivity contribution in [1.29, 1.82) is 0 Å². The molecule has 7 nitrogen and oxygen atoms in total. The summed E-state index contributed by atoms with van der Waals surface area (Å²) in [6.45, 7) is 2.92. The average molecular weight is 362 g/mol. The van der Waals surface area contributed by atoms with Crippen molar-refractivity contribution in [2.75, 3.05) is 0 Å². The molecule has 0 aromatic heterocycles. The van der Waals surface area contributed by atoms with Gasteiger partial charge in [0.1, 0.15) is 0 Å². The number of rotatable bonds is 0. The SMILES string of the molecule is CC(=O)[O-].CC(=O)[O-].CC(=O)[O-].O.[Er+3]. The monoisotopic (exact) mass is 361 g/mol. The van der Waals surface area contributed by atoms with E-state index in [-0.39, 0.29) is 42.8 Å². The van der Waals surface area contributed by atoms with Crippen LogP contribution in [0.25, 0.3) is 0 Å². The molecule has 0 fully saturated rings. The molecule has 8 heteroatoms. The maximum absolute atomic E-state index is 8.89. The standard InChI is InChI=1S/3C2H4O2.Er.H2O/c3*1-2(3)4;;/h3*1H3,(H,3,4);;1H2/q;;;+3;/p-3. The van der Waals surface area contributed by atoms with Crippen molar-refractivity contribution in [3.8, 4) is 0 Å². The van der Waals surface area contributed by atoms with Gasteiger partial charge in [0.25, 0.3) is 0 Å². The van der Waals surface area contributed by atoms with E-state index in [9.17, 15) is 0 Å². The molecule has 0 rings (SSSR count). The van der Waals surface area contributed by atoms with Crippen LogP contribution in [-0.2, 0) is 14.4 Å². The van der Waals surface area contributed by atoms with Crippen molar-refractivity contribution in [2.45, 2.75) is 20.8 Å². The van der Waals surface area contributed by atoms with Crippen LogP contribution in [0.15, 0.2) is 0 Å². The predicted octanol–water partition coefficient (Wildman–Crippen LogP) is -4.56. The van der Waals surface area contributed by atoms with E-state index >= 15 is 0 Å². The van der Waals surface area contributed by atoms with Crippen LogP contribution in [0, 0.1) is 37.3 Å². The van der Waals surface area contributed by atoms with Gasteiger partial charge in [-0.05, 0) is 20.8 Å². The zero-order valence-electron chi connectivity index (χ0n) is 7.74. The second-order valence-corrected chi connectivity index (χ2v) is 1.47. The van der Waals surface area contributed by atoms with E-state index in [0.29, 0.717) is 0 Å². The summed E-state index contributed by atoms with van der Waals surface area (Å²) in [5, 5.41) is 26.7. The molecule has 0 aromatic carbocycles. The summed E-state index contributed by atoms with van der Waals surface area (Å²) in [6, 6.07) is 0. The normalized spacial score (nSPS) is 5.36. The van der Waals surface area contributed by atoms with Crippen LogP contribution < -0.4 is 15.3 Å². The van der Waals surface area contributed by atoms with Gasteiger partial charge in [-0.2, -0.15) is 0 Å². The molecule has 1 radical (unpaired) electrons. The summed E-state index contributed by atoms with van der Waals surface area (Å²) in [5.41, 5.74) is 0. The van der Waals surface area contributed by atoms with Gasteiger partial charge < -0.3 is 35.2 Å². The number of carboxylic acid groups (broad SMARTS) is 3. The Balaban J connectivity index is -0.0000000270. The van der Waals surface area contributed by atoms with E-state index in [1.807, 2.05) is 0 Å². The first-order valence-corrected chi connectivity index (χ1v) is 2.72. The second kappa shape index (κ2) is 22.9. The van der Waals surface area contributed by atoms with E-state index in [0.717, 1.165) is 20.8 Å². The molecule has 0 atom stereocenters. The fourth-order valence-corrected chi connectivity index (χ4v) is 0. The fraction of sp³-hybridized carbons (Fsp3) is 0.500. The molecule has 89 valence electrons. The van der Waals surface area contributed by atoms with E-state index in [1.54, 1.807) is 0 Å². The molecule has 0 aliphatic heterocycles. The van der Waals surface area contributed by atoms with Crippen LogP contribution in [0.2, 0.25) is 0 Å². The number of hydrogen-bond donors (Lipinski definition) is 0. The maximum Gasteiger partial charge on any atom is 3.00 e. The zero-order valence-corrected chi connectivity index (χ0v) is 9.59. The quantitative estimate of drug-likeness (QED) is 0.423. The second-order valence-electron chi connectivity index (χ2n) is 1.47. The van der Waals surface area contributed by atoms with Gasteiger partial charge in [0.05, 0.1) is 0 Å². The molecule has 2 N–H and O–H groups in total. The molecule has 0 spiro atoms. The van der Waals surface area contributed by atoms with Crippen LogP contribution in [-0.4, -0.2) is 23.4 Å². The number of carboxylic acids is 3. The topological polar surface area (TPSA) is 152 Å². The molecule has 0 saturated heterocycles. The first-order chi connectivity index (χ1) is 5.20. The maximum atomic E-state index is 8.89. The molecule has 0 saturated carbocycles. The number of carbonyl (C=O) groups is 3. The predicted molar refractivity (Wildman–Crippen MR) is 35.7 cm³/mol. The molecule has 0 aromatic rings. The Morgan fingerprint density at radius 1 is 0.714 bits per heavy atom. The minimum absolute atomic E-state index is 0. The van der Waals surface area contributed by atoms with Crippen molar-refractivity contribution in [3.63, 3.8) is 0 Å². The van der Waals surface area contributed by atoms with Crippen LogP contribution in [0.1, 0.15) is 20.8 Å². The van der Waals surface area contributed by atoms with Gasteiger partial charge in [0, 0.05) is 17.9 Å². The Hall–Kier alpha value is -0.383. The van der Waals surface area contributed by atoms with Crippen LogP contribution >= 0.6 is 0 Å². The van der Waals surface area contributed by atoms with E-state index in [1.165, 1.54) is 0 Å². The van der Waals surface area contributed by atoms with Crippen molar-refractivity contribution >= 4 is 17.9 Å². The van der Waals surface area contributed by atoms with Gasteiger partial charge >= 0.3 is 37.3 Å². The van der Waals surface area contributed by atoms with E-state index in [2.05, 4.69) is 0 Å². The minimum Gasteiger partial charge on any atom is -0.550 e. The Morgan fingerprint density at radius 2 is 0.714 bits per heavy atom.